The van der Waals surface area contributed by atoms with E-state index in [1.807, 2.05) is 66.7 Å². The second-order valence-corrected chi connectivity index (χ2v) is 8.37. The lowest BCUT2D eigenvalue weighted by Crippen LogP contribution is -2.45. The molecule has 3 aromatic carbocycles. The first-order valence-electron chi connectivity index (χ1n) is 11.6. The van der Waals surface area contributed by atoms with Crippen molar-refractivity contribution in [3.63, 3.8) is 0 Å². The molecule has 9 heteroatoms. The Hall–Kier alpha value is -5.10. The smallest absolute Gasteiger partial charge is 0.330 e. The van der Waals surface area contributed by atoms with Crippen LogP contribution in [0.3, 0.4) is 0 Å². The van der Waals surface area contributed by atoms with Crippen molar-refractivity contribution in [2.75, 3.05) is 10.6 Å². The highest BCUT2D eigenvalue weighted by Gasteiger charge is 2.29. The van der Waals surface area contributed by atoms with Crippen LogP contribution >= 0.6 is 0 Å². The van der Waals surface area contributed by atoms with Crippen LogP contribution < -0.4 is 26.6 Å². The third-order valence-corrected chi connectivity index (χ3v) is 5.76. The molecule has 0 aliphatic carbocycles. The summed E-state index contributed by atoms with van der Waals surface area (Å²) in [7, 11) is 0. The molecule has 0 spiro atoms. The van der Waals surface area contributed by atoms with Gasteiger partial charge in [-0.25, -0.2) is 4.79 Å². The number of nitrogens with two attached hydrogens (primary N) is 1. The number of nitrogens with one attached hydrogen (secondary N) is 1. The lowest BCUT2D eigenvalue weighted by molar-refractivity contribution is -0.124. The number of hydrogen-bond acceptors (Lipinski definition) is 6. The van der Waals surface area contributed by atoms with Gasteiger partial charge in [-0.05, 0) is 42.3 Å². The van der Waals surface area contributed by atoms with E-state index in [0.717, 1.165) is 11.1 Å². The molecule has 4 aromatic rings. The van der Waals surface area contributed by atoms with Crippen LogP contribution in [0.5, 0.6) is 5.75 Å². The zero-order chi connectivity index (χ0) is 26.4. The van der Waals surface area contributed by atoms with Gasteiger partial charge >= 0.3 is 5.69 Å². The maximum absolute atomic E-state index is 13.7. The summed E-state index contributed by atoms with van der Waals surface area (Å²) in [4.78, 5) is 42.9. The van der Waals surface area contributed by atoms with Gasteiger partial charge in [0.15, 0.2) is 11.8 Å². The SMILES string of the molecule is C[C@H](Oc1ccc(C#N)cc1)C(=O)N(Cc1ccccc1)c1c(N)n(Cc2ccccc2)c(=O)[nH]c1=O. The number of ether oxygens (including phenoxy) is 1. The van der Waals surface area contributed by atoms with Gasteiger partial charge in [-0.3, -0.25) is 24.0 Å². The van der Waals surface area contributed by atoms with E-state index >= 15 is 0 Å². The summed E-state index contributed by atoms with van der Waals surface area (Å²) in [5, 5.41) is 9.00. The Labute approximate surface area is 213 Å². The number of anilines is 2. The zero-order valence-corrected chi connectivity index (χ0v) is 20.1. The molecule has 0 saturated carbocycles. The molecule has 0 aliphatic heterocycles. The van der Waals surface area contributed by atoms with Crippen molar-refractivity contribution < 1.29 is 9.53 Å². The molecule has 1 aromatic heterocycles. The van der Waals surface area contributed by atoms with E-state index in [-0.39, 0.29) is 24.6 Å². The van der Waals surface area contributed by atoms with Crippen LogP contribution in [0.1, 0.15) is 23.6 Å². The Morgan fingerprint density at radius 1 is 1.00 bits per heavy atom. The number of amides is 1. The largest absolute Gasteiger partial charge is 0.481 e. The molecule has 186 valence electrons. The molecule has 0 unspecified atom stereocenters. The number of nitrogen functional groups attached to an aromatic ring is 1. The van der Waals surface area contributed by atoms with Crippen molar-refractivity contribution in [3.05, 3.63) is 122 Å². The molecular weight excluding hydrogens is 470 g/mol. The van der Waals surface area contributed by atoms with Crippen molar-refractivity contribution in [3.8, 4) is 11.8 Å². The molecular formula is C28H25N5O4. The van der Waals surface area contributed by atoms with Gasteiger partial charge in [0, 0.05) is 0 Å². The maximum Gasteiger partial charge on any atom is 0.330 e. The summed E-state index contributed by atoms with van der Waals surface area (Å²) in [5.41, 5.74) is 6.80. The number of aromatic amines is 1. The fraction of sp³-hybridized carbons (Fsp3) is 0.143. The molecule has 0 aliphatic rings. The number of benzene rings is 3. The third kappa shape index (κ3) is 5.77. The standard InChI is InChI=1S/C28H25N5O4/c1-19(37-23-14-12-20(16-29)13-15-23)27(35)32(17-21-8-4-2-5-9-21)24-25(30)33(28(36)31-26(24)34)18-22-10-6-3-7-11-22/h2-15,19H,17-18,30H2,1H3,(H,31,34,36)/t19-/m0/s1. The molecule has 0 radical (unpaired) electrons. The molecule has 1 amide bonds. The Morgan fingerprint density at radius 2 is 1.59 bits per heavy atom. The van der Waals surface area contributed by atoms with Crippen LogP contribution in [0.4, 0.5) is 11.5 Å². The number of hydrogen-bond donors (Lipinski definition) is 2. The Kier molecular flexibility index (Phi) is 7.50. The summed E-state index contributed by atoms with van der Waals surface area (Å²) in [5.74, 6) is -0.279. The lowest BCUT2D eigenvalue weighted by atomic mass is 10.2. The number of rotatable bonds is 8. The van der Waals surface area contributed by atoms with Crippen LogP contribution in [-0.2, 0) is 17.9 Å². The van der Waals surface area contributed by atoms with Crippen molar-refractivity contribution in [1.82, 2.24) is 9.55 Å². The molecule has 0 saturated heterocycles. The predicted molar refractivity (Wildman–Crippen MR) is 140 cm³/mol. The number of carbonyl (C=O) groups is 1. The van der Waals surface area contributed by atoms with E-state index in [4.69, 9.17) is 15.7 Å². The van der Waals surface area contributed by atoms with Crippen molar-refractivity contribution in [2.45, 2.75) is 26.1 Å². The molecule has 1 heterocycles. The molecule has 3 N–H and O–H groups in total. The van der Waals surface area contributed by atoms with Gasteiger partial charge in [0.1, 0.15) is 11.6 Å². The number of H-pyrrole nitrogens is 1. The quantitative estimate of drug-likeness (QED) is 0.386. The third-order valence-electron chi connectivity index (χ3n) is 5.76. The monoisotopic (exact) mass is 495 g/mol. The first kappa shape index (κ1) is 25.0. The molecule has 4 rings (SSSR count). The van der Waals surface area contributed by atoms with Crippen LogP contribution in [0.2, 0.25) is 0 Å². The molecule has 0 bridgehead atoms. The number of nitrogens with zero attached hydrogens (tertiary/aromatic N) is 3. The van der Waals surface area contributed by atoms with Gasteiger partial charge < -0.3 is 10.5 Å². The van der Waals surface area contributed by atoms with Crippen molar-refractivity contribution in [2.24, 2.45) is 0 Å². The number of nitriles is 1. The van der Waals surface area contributed by atoms with E-state index < -0.39 is 23.3 Å². The van der Waals surface area contributed by atoms with Gasteiger partial charge in [-0.2, -0.15) is 5.26 Å². The number of aromatic nitrogens is 2. The van der Waals surface area contributed by atoms with E-state index in [9.17, 15) is 14.4 Å². The average Bonchev–Trinajstić information content (AvgIpc) is 2.91. The van der Waals surface area contributed by atoms with Gasteiger partial charge in [0.05, 0.1) is 24.7 Å². The van der Waals surface area contributed by atoms with Gasteiger partial charge in [-0.1, -0.05) is 60.7 Å². The van der Waals surface area contributed by atoms with Crippen LogP contribution in [0.25, 0.3) is 0 Å². The summed E-state index contributed by atoms with van der Waals surface area (Å²) in [6, 6.07) is 26.6. The normalized spacial score (nSPS) is 11.4. The summed E-state index contributed by atoms with van der Waals surface area (Å²) < 4.78 is 7.05. The molecule has 1 atom stereocenters. The van der Waals surface area contributed by atoms with E-state index in [2.05, 4.69) is 4.98 Å². The molecule has 9 nitrogen and oxygen atoms in total. The second-order valence-electron chi connectivity index (χ2n) is 8.37. The lowest BCUT2D eigenvalue weighted by Gasteiger charge is -2.27. The zero-order valence-electron chi connectivity index (χ0n) is 20.1. The first-order chi connectivity index (χ1) is 17.9. The highest BCUT2D eigenvalue weighted by atomic mass is 16.5. The minimum absolute atomic E-state index is 0.0254. The molecule has 0 fully saturated rings. The Morgan fingerprint density at radius 3 is 2.19 bits per heavy atom. The van der Waals surface area contributed by atoms with E-state index in [1.54, 1.807) is 31.2 Å². The number of carbonyl (C=O) groups excluding carboxylic acids is 1. The highest BCUT2D eigenvalue weighted by molar-refractivity contribution is 5.98. The van der Waals surface area contributed by atoms with Crippen molar-refractivity contribution >= 4 is 17.4 Å². The second kappa shape index (κ2) is 11.1. The van der Waals surface area contributed by atoms with Gasteiger partial charge in [-0.15, -0.1) is 0 Å². The topological polar surface area (TPSA) is 134 Å². The minimum Gasteiger partial charge on any atom is -0.481 e. The fourth-order valence-electron chi connectivity index (χ4n) is 3.88. The van der Waals surface area contributed by atoms with E-state index in [1.165, 1.54) is 9.47 Å². The Bertz CT molecular complexity index is 1540. The predicted octanol–water partition coefficient (Wildman–Crippen LogP) is 3.04. The van der Waals surface area contributed by atoms with Gasteiger partial charge in [0.2, 0.25) is 0 Å². The van der Waals surface area contributed by atoms with E-state index in [0.29, 0.717) is 11.3 Å². The summed E-state index contributed by atoms with van der Waals surface area (Å²) >= 11 is 0. The average molecular weight is 496 g/mol. The summed E-state index contributed by atoms with van der Waals surface area (Å²) in [6.07, 6.45) is -1.01. The maximum atomic E-state index is 13.7. The fourth-order valence-corrected chi connectivity index (χ4v) is 3.88. The van der Waals surface area contributed by atoms with Crippen LogP contribution in [-0.4, -0.2) is 21.6 Å². The molecule has 37 heavy (non-hydrogen) atoms. The van der Waals surface area contributed by atoms with Crippen LogP contribution in [0, 0.1) is 11.3 Å². The summed E-state index contributed by atoms with van der Waals surface area (Å²) in [6.45, 7) is 1.69. The van der Waals surface area contributed by atoms with Gasteiger partial charge in [0.25, 0.3) is 11.5 Å². The van der Waals surface area contributed by atoms with Crippen molar-refractivity contribution in [1.29, 1.82) is 5.26 Å². The first-order valence-corrected chi connectivity index (χ1v) is 11.6. The Balaban J connectivity index is 1.74. The highest BCUT2D eigenvalue weighted by Crippen LogP contribution is 2.23. The minimum atomic E-state index is -1.01. The van der Waals surface area contributed by atoms with Crippen LogP contribution in [0.15, 0.2) is 94.5 Å².